The molecule has 3 rings (SSSR count). The van der Waals surface area contributed by atoms with Gasteiger partial charge < -0.3 is 4.74 Å². The van der Waals surface area contributed by atoms with Gasteiger partial charge in [0.1, 0.15) is 11.4 Å². The van der Waals surface area contributed by atoms with Crippen molar-refractivity contribution in [3.05, 3.63) is 0 Å². The lowest BCUT2D eigenvalue weighted by Gasteiger charge is -2.43. The second kappa shape index (κ2) is 3.17. The summed E-state index contributed by atoms with van der Waals surface area (Å²) in [6.45, 7) is 8.15. The minimum absolute atomic E-state index is 0.0355. The quantitative estimate of drug-likeness (QED) is 0.672. The monoisotopic (exact) mass is 250 g/mol. The third-order valence-corrected chi connectivity index (χ3v) is 6.40. The van der Waals surface area contributed by atoms with E-state index in [9.17, 15) is 9.59 Å². The van der Waals surface area contributed by atoms with E-state index < -0.39 is 0 Å². The van der Waals surface area contributed by atoms with Crippen molar-refractivity contribution < 1.29 is 14.3 Å². The number of esters is 1. The molecular weight excluding hydrogens is 228 g/mol. The zero-order chi connectivity index (χ0) is 13.3. The Morgan fingerprint density at radius 2 is 2.06 bits per heavy atom. The van der Waals surface area contributed by atoms with E-state index in [1.165, 1.54) is 0 Å². The Balaban J connectivity index is 2.16. The summed E-state index contributed by atoms with van der Waals surface area (Å²) >= 11 is 0. The molecule has 1 heterocycles. The van der Waals surface area contributed by atoms with Crippen LogP contribution in [-0.4, -0.2) is 17.4 Å². The average molecular weight is 250 g/mol. The average Bonchev–Trinajstić information content (AvgIpc) is 2.74. The maximum Gasteiger partial charge on any atom is 0.307 e. The minimum Gasteiger partial charge on any atom is -0.458 e. The van der Waals surface area contributed by atoms with Gasteiger partial charge in [-0.2, -0.15) is 0 Å². The summed E-state index contributed by atoms with van der Waals surface area (Å²) < 4.78 is 5.86. The molecule has 0 radical (unpaired) electrons. The third-order valence-electron chi connectivity index (χ3n) is 6.40. The third kappa shape index (κ3) is 1.03. The summed E-state index contributed by atoms with van der Waals surface area (Å²) in [5.41, 5.74) is -0.688. The van der Waals surface area contributed by atoms with Crippen LogP contribution in [0.3, 0.4) is 0 Å². The SMILES string of the molecule is CC(=O)[C@@H]1C[C@@]23CC(=O)O[C@]2(CC[C@H]3C)C1(C)C. The molecule has 2 saturated carbocycles. The predicted molar refractivity (Wildman–Crippen MR) is 66.8 cm³/mol. The number of carbonyl (C=O) groups excluding carboxylic acids is 2. The van der Waals surface area contributed by atoms with Crippen molar-refractivity contribution in [1.29, 1.82) is 0 Å². The molecule has 3 nitrogen and oxygen atoms in total. The minimum atomic E-state index is -0.382. The highest BCUT2D eigenvalue weighted by molar-refractivity contribution is 5.82. The highest BCUT2D eigenvalue weighted by Gasteiger charge is 2.77. The smallest absolute Gasteiger partial charge is 0.307 e. The van der Waals surface area contributed by atoms with E-state index in [1.807, 2.05) is 0 Å². The lowest BCUT2D eigenvalue weighted by molar-refractivity contribution is -0.164. The van der Waals surface area contributed by atoms with Gasteiger partial charge in [0.15, 0.2) is 0 Å². The Labute approximate surface area is 108 Å². The molecule has 3 heteroatoms. The van der Waals surface area contributed by atoms with Gasteiger partial charge in [-0.3, -0.25) is 9.59 Å². The molecule has 0 amide bonds. The first kappa shape index (κ1) is 12.2. The van der Waals surface area contributed by atoms with E-state index in [1.54, 1.807) is 6.92 Å². The number of hydrogen-bond acceptors (Lipinski definition) is 3. The van der Waals surface area contributed by atoms with Gasteiger partial charge in [0.25, 0.3) is 0 Å². The second-order valence-corrected chi connectivity index (χ2v) is 7.16. The number of ether oxygens (including phenoxy) is 1. The van der Waals surface area contributed by atoms with E-state index in [4.69, 9.17) is 4.74 Å². The second-order valence-electron chi connectivity index (χ2n) is 7.16. The molecule has 4 atom stereocenters. The summed E-state index contributed by atoms with van der Waals surface area (Å²) in [5, 5.41) is 0. The van der Waals surface area contributed by atoms with Crippen molar-refractivity contribution in [1.82, 2.24) is 0 Å². The maximum atomic E-state index is 12.0. The van der Waals surface area contributed by atoms with Crippen molar-refractivity contribution in [3.8, 4) is 0 Å². The van der Waals surface area contributed by atoms with Gasteiger partial charge >= 0.3 is 5.97 Å². The molecular formula is C15H22O3. The van der Waals surface area contributed by atoms with E-state index >= 15 is 0 Å². The number of ketones is 1. The van der Waals surface area contributed by atoms with Crippen LogP contribution in [0.2, 0.25) is 0 Å². The molecule has 2 aliphatic carbocycles. The van der Waals surface area contributed by atoms with Crippen LogP contribution >= 0.6 is 0 Å². The van der Waals surface area contributed by atoms with Gasteiger partial charge in [-0.25, -0.2) is 0 Å². The summed E-state index contributed by atoms with van der Waals surface area (Å²) in [5.74, 6) is 0.704. The number of rotatable bonds is 1. The largest absolute Gasteiger partial charge is 0.458 e. The highest BCUT2D eigenvalue weighted by Crippen LogP contribution is 2.74. The van der Waals surface area contributed by atoms with E-state index in [0.717, 1.165) is 19.3 Å². The summed E-state index contributed by atoms with van der Waals surface area (Å²) in [6, 6.07) is 0. The zero-order valence-electron chi connectivity index (χ0n) is 11.7. The summed E-state index contributed by atoms with van der Waals surface area (Å²) in [4.78, 5) is 23.8. The fourth-order valence-electron chi connectivity index (χ4n) is 5.39. The van der Waals surface area contributed by atoms with Crippen molar-refractivity contribution in [3.63, 3.8) is 0 Å². The van der Waals surface area contributed by atoms with Crippen LogP contribution in [0.5, 0.6) is 0 Å². The van der Waals surface area contributed by atoms with Gasteiger partial charge in [-0.1, -0.05) is 20.8 Å². The van der Waals surface area contributed by atoms with Crippen LogP contribution in [0.15, 0.2) is 0 Å². The van der Waals surface area contributed by atoms with Gasteiger partial charge in [0.2, 0.25) is 0 Å². The van der Waals surface area contributed by atoms with E-state index in [-0.39, 0.29) is 34.1 Å². The normalized spacial score (nSPS) is 48.8. The van der Waals surface area contributed by atoms with Crippen LogP contribution in [0.4, 0.5) is 0 Å². The fraction of sp³-hybridized carbons (Fsp3) is 0.867. The standard InChI is InChI=1S/C15H22O3/c1-9-5-6-15-13(3,4)11(10(2)16)7-14(9,15)8-12(17)18-15/h9,11H,5-8H2,1-4H3/t9-,11+,14+,15-/m1/s1. The zero-order valence-corrected chi connectivity index (χ0v) is 11.7. The van der Waals surface area contributed by atoms with Crippen molar-refractivity contribution in [2.24, 2.45) is 22.7 Å². The molecule has 0 bridgehead atoms. The molecule has 100 valence electrons. The van der Waals surface area contributed by atoms with Crippen molar-refractivity contribution in [2.45, 2.75) is 59.0 Å². The molecule has 1 saturated heterocycles. The van der Waals surface area contributed by atoms with Gasteiger partial charge in [0.05, 0.1) is 6.42 Å². The first-order chi connectivity index (χ1) is 8.27. The van der Waals surface area contributed by atoms with Gasteiger partial charge in [-0.05, 0) is 32.1 Å². The van der Waals surface area contributed by atoms with Crippen LogP contribution in [0, 0.1) is 22.7 Å². The topological polar surface area (TPSA) is 43.4 Å². The van der Waals surface area contributed by atoms with Crippen molar-refractivity contribution >= 4 is 11.8 Å². The van der Waals surface area contributed by atoms with Crippen LogP contribution in [0.25, 0.3) is 0 Å². The molecule has 0 spiro atoms. The van der Waals surface area contributed by atoms with Crippen LogP contribution in [0.1, 0.15) is 53.4 Å². The Bertz CT molecular complexity index is 439. The fourth-order valence-corrected chi connectivity index (χ4v) is 5.39. The summed E-state index contributed by atoms with van der Waals surface area (Å²) in [6.07, 6.45) is 3.39. The molecule has 0 N–H and O–H groups in total. The van der Waals surface area contributed by atoms with Crippen molar-refractivity contribution in [2.75, 3.05) is 0 Å². The number of carbonyl (C=O) groups is 2. The molecule has 0 aromatic rings. The van der Waals surface area contributed by atoms with Crippen LogP contribution in [-0.2, 0) is 14.3 Å². The molecule has 3 aliphatic rings. The Morgan fingerprint density at radius 1 is 1.39 bits per heavy atom. The number of hydrogen-bond donors (Lipinski definition) is 0. The maximum absolute atomic E-state index is 12.0. The molecule has 0 unspecified atom stereocenters. The Kier molecular flexibility index (Phi) is 2.15. The molecule has 1 aliphatic heterocycles. The van der Waals surface area contributed by atoms with E-state index in [2.05, 4.69) is 20.8 Å². The van der Waals surface area contributed by atoms with Crippen LogP contribution < -0.4 is 0 Å². The molecule has 3 fully saturated rings. The Morgan fingerprint density at radius 3 is 2.61 bits per heavy atom. The van der Waals surface area contributed by atoms with Gasteiger partial charge in [-0.15, -0.1) is 0 Å². The lowest BCUT2D eigenvalue weighted by atomic mass is 9.65. The highest BCUT2D eigenvalue weighted by atomic mass is 16.6. The first-order valence-corrected chi connectivity index (χ1v) is 6.99. The molecule has 0 aromatic heterocycles. The van der Waals surface area contributed by atoms with E-state index in [0.29, 0.717) is 12.3 Å². The van der Waals surface area contributed by atoms with Gasteiger partial charge in [0, 0.05) is 16.7 Å². The molecule has 18 heavy (non-hydrogen) atoms. The lowest BCUT2D eigenvalue weighted by Crippen LogP contribution is -2.49. The Hall–Kier alpha value is -0.860. The first-order valence-electron chi connectivity index (χ1n) is 6.99. The predicted octanol–water partition coefficient (Wildman–Crippen LogP) is 2.72. The number of Topliss-reactive ketones (excluding diaryl/α,β-unsaturated/α-hetero) is 1. The summed E-state index contributed by atoms with van der Waals surface area (Å²) in [7, 11) is 0. The molecule has 0 aromatic carbocycles.